The van der Waals surface area contributed by atoms with Crippen LogP contribution in [0.15, 0.2) is 0 Å². The maximum atomic E-state index is 14.3. The van der Waals surface area contributed by atoms with E-state index in [1.807, 2.05) is 13.8 Å². The monoisotopic (exact) mass is 866 g/mol. The third-order valence-corrected chi connectivity index (χ3v) is 11.5. The van der Waals surface area contributed by atoms with Crippen LogP contribution in [0.3, 0.4) is 0 Å². The normalized spacial score (nSPS) is 16.1. The molecule has 0 bridgehead atoms. The quantitative estimate of drug-likeness (QED) is 0.0253. The highest BCUT2D eigenvalue weighted by Crippen LogP contribution is 2.46. The molecule has 0 saturated heterocycles. The Hall–Kier alpha value is -2.86. The number of ether oxygens (including phenoxy) is 5. The summed E-state index contributed by atoms with van der Waals surface area (Å²) in [4.78, 5) is 69.4. The summed E-state index contributed by atoms with van der Waals surface area (Å²) < 4.78 is 62.7. The zero-order valence-electron chi connectivity index (χ0n) is 37.6. The lowest BCUT2D eigenvalue weighted by Crippen LogP contribution is -2.51. The van der Waals surface area contributed by atoms with Crippen LogP contribution in [0.4, 0.5) is 0 Å². The Kier molecular flexibility index (Phi) is 27.2. The summed E-state index contributed by atoms with van der Waals surface area (Å²) in [5.74, 6) is -6.65. The molecule has 0 aliphatic carbocycles. The van der Waals surface area contributed by atoms with Gasteiger partial charge in [-0.05, 0) is 85.5 Å². The first kappa shape index (κ1) is 56.1. The molecule has 0 radical (unpaired) electrons. The number of hydrogen-bond donors (Lipinski definition) is 3. The zero-order chi connectivity index (χ0) is 45.3. The molecule has 6 unspecified atom stereocenters. The van der Waals surface area contributed by atoms with Gasteiger partial charge >= 0.3 is 17.9 Å². The largest absolute Gasteiger partial charge is 0.748 e. The van der Waals surface area contributed by atoms with Crippen LogP contribution in [-0.2, 0) is 57.8 Å². The molecule has 0 fully saturated rings. The van der Waals surface area contributed by atoms with Gasteiger partial charge < -0.3 is 44.0 Å². The first-order valence-electron chi connectivity index (χ1n) is 21.4. The van der Waals surface area contributed by atoms with Crippen LogP contribution in [0.5, 0.6) is 0 Å². The number of carbonyl (C=O) groups excluding carboxylic acids is 5. The standard InChI is InChI=1S/C42H78N2O14S/c1-11-16-18-32(13-3)27-58-37(48)34(24-31(6)35(46)43-30-55-20-17-12-2)26-42(10,39(50)57-23-22-54-15-5)28-41(9,38(49)56-21-19-45)25-33(14-4)36(47)44-40(7,8)29-59(51,52)53/h31-34,45H,11-30H2,1-10H3,(H,43,46)(H,44,47)(H,51,52,53)/p-1. The summed E-state index contributed by atoms with van der Waals surface area (Å²) in [7, 11) is -4.71. The number of aliphatic hydroxyl groups is 1. The van der Waals surface area contributed by atoms with Gasteiger partial charge in [0.15, 0.2) is 0 Å². The fraction of sp³-hybridized carbons (Fsp3) is 0.881. The predicted molar refractivity (Wildman–Crippen MR) is 222 cm³/mol. The van der Waals surface area contributed by atoms with Crippen molar-refractivity contribution >= 4 is 39.8 Å². The maximum Gasteiger partial charge on any atom is 0.311 e. The van der Waals surface area contributed by atoms with E-state index in [2.05, 4.69) is 17.6 Å². The molecular formula is C42H77N2O14S-. The van der Waals surface area contributed by atoms with Gasteiger partial charge in [-0.15, -0.1) is 0 Å². The van der Waals surface area contributed by atoms with Crippen molar-refractivity contribution in [3.8, 4) is 0 Å². The smallest absolute Gasteiger partial charge is 0.311 e. The van der Waals surface area contributed by atoms with E-state index in [1.54, 1.807) is 27.7 Å². The van der Waals surface area contributed by atoms with Gasteiger partial charge in [0.2, 0.25) is 11.8 Å². The first-order valence-corrected chi connectivity index (χ1v) is 23.0. The molecule has 0 spiro atoms. The second-order valence-corrected chi connectivity index (χ2v) is 18.3. The maximum absolute atomic E-state index is 14.3. The molecule has 0 saturated carbocycles. The zero-order valence-corrected chi connectivity index (χ0v) is 38.4. The first-order chi connectivity index (χ1) is 27.6. The fourth-order valence-electron chi connectivity index (χ4n) is 7.19. The predicted octanol–water partition coefficient (Wildman–Crippen LogP) is 5.04. The van der Waals surface area contributed by atoms with Gasteiger partial charge in [-0.2, -0.15) is 0 Å². The average molecular weight is 866 g/mol. The molecule has 0 heterocycles. The van der Waals surface area contributed by atoms with E-state index in [9.17, 15) is 42.0 Å². The van der Waals surface area contributed by atoms with E-state index in [0.29, 0.717) is 13.2 Å². The van der Waals surface area contributed by atoms with Gasteiger partial charge in [0.1, 0.15) is 19.9 Å². The van der Waals surface area contributed by atoms with Gasteiger partial charge in [-0.1, -0.05) is 60.3 Å². The number of hydrogen-bond acceptors (Lipinski definition) is 14. The van der Waals surface area contributed by atoms with E-state index in [4.69, 9.17) is 23.7 Å². The molecule has 0 aromatic carbocycles. The number of carbonyl (C=O) groups is 5. The molecule has 17 heteroatoms. The number of esters is 3. The topological polar surface area (TPSA) is 233 Å². The van der Waals surface area contributed by atoms with Crippen molar-refractivity contribution in [2.45, 2.75) is 145 Å². The summed E-state index contributed by atoms with van der Waals surface area (Å²) in [6.07, 6.45) is 4.76. The van der Waals surface area contributed by atoms with Gasteiger partial charge in [-0.25, -0.2) is 8.42 Å². The molecule has 3 N–H and O–H groups in total. The number of unbranched alkanes of at least 4 members (excludes halogenated alkanes) is 2. The Morgan fingerprint density at radius 3 is 1.86 bits per heavy atom. The molecule has 346 valence electrons. The Labute approximate surface area is 354 Å². The van der Waals surface area contributed by atoms with E-state index >= 15 is 0 Å². The van der Waals surface area contributed by atoms with Crippen molar-refractivity contribution < 1.29 is 65.7 Å². The van der Waals surface area contributed by atoms with Crippen LogP contribution >= 0.6 is 0 Å². The molecule has 0 aliphatic rings. The van der Waals surface area contributed by atoms with Crippen LogP contribution in [-0.4, -0.2) is 112 Å². The van der Waals surface area contributed by atoms with E-state index in [0.717, 1.165) is 38.5 Å². The van der Waals surface area contributed by atoms with Gasteiger partial charge in [0.25, 0.3) is 0 Å². The minimum absolute atomic E-state index is 0.0118. The fourth-order valence-corrected chi connectivity index (χ4v) is 8.15. The summed E-state index contributed by atoms with van der Waals surface area (Å²) in [5.41, 5.74) is -4.70. The number of amides is 2. The minimum atomic E-state index is -4.71. The molecular weight excluding hydrogens is 789 g/mol. The number of nitrogens with one attached hydrogen (secondary N) is 2. The van der Waals surface area contributed by atoms with Crippen molar-refractivity contribution in [1.82, 2.24) is 10.6 Å². The van der Waals surface area contributed by atoms with Crippen molar-refractivity contribution in [3.63, 3.8) is 0 Å². The average Bonchev–Trinajstić information content (AvgIpc) is 3.15. The molecule has 0 rings (SSSR count). The lowest BCUT2D eigenvalue weighted by Gasteiger charge is -2.40. The van der Waals surface area contributed by atoms with Gasteiger partial charge in [-0.3, -0.25) is 24.0 Å². The summed E-state index contributed by atoms with van der Waals surface area (Å²) in [6, 6.07) is 0. The molecule has 0 aromatic heterocycles. The second-order valence-electron chi connectivity index (χ2n) is 16.9. The Balaban J connectivity index is 7.13. The molecule has 0 aliphatic heterocycles. The van der Waals surface area contributed by atoms with Crippen LogP contribution in [0.1, 0.15) is 140 Å². The third-order valence-electron chi connectivity index (χ3n) is 10.4. The highest BCUT2D eigenvalue weighted by Gasteiger charge is 2.50. The lowest BCUT2D eigenvalue weighted by molar-refractivity contribution is -0.168. The van der Waals surface area contributed by atoms with E-state index in [1.165, 1.54) is 20.8 Å². The van der Waals surface area contributed by atoms with Crippen LogP contribution in [0, 0.1) is 34.5 Å². The Morgan fingerprint density at radius 1 is 0.746 bits per heavy atom. The molecule has 6 atom stereocenters. The van der Waals surface area contributed by atoms with Crippen molar-refractivity contribution in [2.75, 3.05) is 58.7 Å². The molecule has 59 heavy (non-hydrogen) atoms. The SMILES string of the molecule is CCCCOCNC(=O)C(C)CC(CC(C)(CC(C)(CC(CC)C(=O)NC(C)(C)CS(=O)(=O)[O-])C(=O)OCCO)C(=O)OCCOCC)C(=O)OCC(CC)CCCC. The van der Waals surface area contributed by atoms with Crippen LogP contribution in [0.25, 0.3) is 0 Å². The van der Waals surface area contributed by atoms with E-state index < -0.39 is 80.4 Å². The summed E-state index contributed by atoms with van der Waals surface area (Å²) in [5, 5.41) is 14.9. The van der Waals surface area contributed by atoms with Gasteiger partial charge in [0, 0.05) is 30.6 Å². The molecule has 16 nitrogen and oxygen atoms in total. The summed E-state index contributed by atoms with van der Waals surface area (Å²) >= 11 is 0. The third kappa shape index (κ3) is 23.1. The van der Waals surface area contributed by atoms with Crippen molar-refractivity contribution in [2.24, 2.45) is 34.5 Å². The van der Waals surface area contributed by atoms with E-state index in [-0.39, 0.29) is 77.1 Å². The number of aliphatic hydroxyl groups excluding tert-OH is 1. The van der Waals surface area contributed by atoms with Crippen molar-refractivity contribution in [1.29, 1.82) is 0 Å². The lowest BCUT2D eigenvalue weighted by atomic mass is 9.65. The Bertz CT molecular complexity index is 1380. The highest BCUT2D eigenvalue weighted by molar-refractivity contribution is 7.85. The van der Waals surface area contributed by atoms with Gasteiger partial charge in [0.05, 0.1) is 52.4 Å². The second kappa shape index (κ2) is 28.6. The van der Waals surface area contributed by atoms with Crippen LogP contribution < -0.4 is 10.6 Å². The van der Waals surface area contributed by atoms with Crippen molar-refractivity contribution in [3.05, 3.63) is 0 Å². The minimum Gasteiger partial charge on any atom is -0.748 e. The molecule has 0 aromatic rings. The highest BCUT2D eigenvalue weighted by atomic mass is 32.2. The van der Waals surface area contributed by atoms with Crippen LogP contribution in [0.2, 0.25) is 0 Å². The number of rotatable bonds is 34. The Morgan fingerprint density at radius 2 is 1.34 bits per heavy atom. The molecule has 2 amide bonds. The summed E-state index contributed by atoms with van der Waals surface area (Å²) in [6.45, 7) is 17.2.